The fourth-order valence-electron chi connectivity index (χ4n) is 0.846. The molecule has 0 spiro atoms. The first-order valence-corrected chi connectivity index (χ1v) is 5.87. The number of halogens is 2. The van der Waals surface area contributed by atoms with Crippen LogP contribution >= 0.6 is 45.2 Å². The van der Waals surface area contributed by atoms with Gasteiger partial charge in [-0.2, -0.15) is 0 Å². The summed E-state index contributed by atoms with van der Waals surface area (Å²) < 4.78 is 4.04. The van der Waals surface area contributed by atoms with Gasteiger partial charge in [0, 0.05) is 20.0 Å². The molecule has 1 aromatic rings. The van der Waals surface area contributed by atoms with E-state index in [0.717, 1.165) is 7.40 Å². The van der Waals surface area contributed by atoms with Crippen molar-refractivity contribution in [2.24, 2.45) is 0 Å². The molecule has 1 N–H and O–H groups in total. The Morgan fingerprint density at radius 3 is 2.85 bits per heavy atom. The summed E-state index contributed by atoms with van der Waals surface area (Å²) in [6.07, 6.45) is 2.26. The summed E-state index contributed by atoms with van der Waals surface area (Å²) in [5.41, 5.74) is 0. The van der Waals surface area contributed by atoms with Gasteiger partial charge in [-0.25, -0.2) is 4.98 Å². The third kappa shape index (κ3) is 3.08. The van der Waals surface area contributed by atoms with E-state index in [-0.39, 0.29) is 5.91 Å². The standard InChI is InChI=1S/C7H9I2N3O/c1-10-5(13)2-3-12-4-11-6(8)7(12)9/h4H,2-3H2,1H3,(H,10,13). The fourth-order valence-corrected chi connectivity index (χ4v) is 1.79. The van der Waals surface area contributed by atoms with E-state index in [4.69, 9.17) is 0 Å². The Balaban J connectivity index is 2.55. The van der Waals surface area contributed by atoms with E-state index in [1.54, 1.807) is 13.4 Å². The molecule has 0 aliphatic rings. The van der Waals surface area contributed by atoms with E-state index in [2.05, 4.69) is 55.5 Å². The zero-order chi connectivity index (χ0) is 9.84. The first kappa shape index (κ1) is 11.2. The fraction of sp³-hybridized carbons (Fsp3) is 0.429. The molecule has 0 saturated heterocycles. The summed E-state index contributed by atoms with van der Waals surface area (Å²) in [6, 6.07) is 0. The second kappa shape index (κ2) is 5.13. The topological polar surface area (TPSA) is 46.9 Å². The maximum atomic E-state index is 11.0. The van der Waals surface area contributed by atoms with Crippen molar-refractivity contribution in [2.45, 2.75) is 13.0 Å². The lowest BCUT2D eigenvalue weighted by molar-refractivity contribution is -0.120. The summed E-state index contributed by atoms with van der Waals surface area (Å²) in [5, 5.41) is 2.58. The second-order valence-electron chi connectivity index (χ2n) is 2.44. The van der Waals surface area contributed by atoms with Gasteiger partial charge in [0.15, 0.2) is 0 Å². The van der Waals surface area contributed by atoms with Gasteiger partial charge in [0.25, 0.3) is 0 Å². The van der Waals surface area contributed by atoms with Gasteiger partial charge in [0.05, 0.1) is 6.33 Å². The van der Waals surface area contributed by atoms with Crippen LogP contribution < -0.4 is 5.32 Å². The normalized spacial score (nSPS) is 10.1. The first-order chi connectivity index (χ1) is 6.15. The largest absolute Gasteiger partial charge is 0.359 e. The maximum absolute atomic E-state index is 11.0. The molecule has 4 nitrogen and oxygen atoms in total. The number of amides is 1. The average Bonchev–Trinajstić information content (AvgIpc) is 2.44. The van der Waals surface area contributed by atoms with Crippen LogP contribution in [0.1, 0.15) is 6.42 Å². The van der Waals surface area contributed by atoms with Crippen LogP contribution in [0.15, 0.2) is 6.33 Å². The van der Waals surface area contributed by atoms with Crippen LogP contribution in [0.4, 0.5) is 0 Å². The number of rotatable bonds is 3. The highest BCUT2D eigenvalue weighted by molar-refractivity contribution is 14.1. The molecule has 1 amide bonds. The third-order valence-electron chi connectivity index (χ3n) is 1.59. The van der Waals surface area contributed by atoms with E-state index >= 15 is 0 Å². The number of imidazole rings is 1. The van der Waals surface area contributed by atoms with Crippen LogP contribution in [0.3, 0.4) is 0 Å². The number of carbonyl (C=O) groups is 1. The van der Waals surface area contributed by atoms with Crippen molar-refractivity contribution in [3.05, 3.63) is 13.7 Å². The van der Waals surface area contributed by atoms with Crippen molar-refractivity contribution in [1.29, 1.82) is 0 Å². The van der Waals surface area contributed by atoms with E-state index in [0.29, 0.717) is 13.0 Å². The number of aryl methyl sites for hydroxylation is 1. The van der Waals surface area contributed by atoms with Crippen LogP contribution in [-0.4, -0.2) is 22.5 Å². The Bertz CT molecular complexity index is 311. The van der Waals surface area contributed by atoms with Crippen molar-refractivity contribution in [2.75, 3.05) is 7.05 Å². The predicted octanol–water partition coefficient (Wildman–Crippen LogP) is 1.23. The van der Waals surface area contributed by atoms with E-state index < -0.39 is 0 Å². The summed E-state index contributed by atoms with van der Waals surface area (Å²) in [6.45, 7) is 0.688. The predicted molar refractivity (Wildman–Crippen MR) is 66.3 cm³/mol. The molecular formula is C7H9I2N3O. The SMILES string of the molecule is CNC(=O)CCn1cnc(I)c1I. The molecule has 0 unspecified atom stereocenters. The first-order valence-electron chi connectivity index (χ1n) is 3.72. The van der Waals surface area contributed by atoms with Crippen molar-refractivity contribution in [3.63, 3.8) is 0 Å². The van der Waals surface area contributed by atoms with E-state index in [1.807, 2.05) is 4.57 Å². The van der Waals surface area contributed by atoms with Gasteiger partial charge >= 0.3 is 0 Å². The van der Waals surface area contributed by atoms with Crippen molar-refractivity contribution in [3.8, 4) is 0 Å². The molecular weight excluding hydrogens is 396 g/mol. The minimum Gasteiger partial charge on any atom is -0.359 e. The van der Waals surface area contributed by atoms with Gasteiger partial charge in [0.1, 0.15) is 7.40 Å². The second-order valence-corrected chi connectivity index (χ2v) is 4.49. The lowest BCUT2D eigenvalue weighted by Crippen LogP contribution is -2.19. The van der Waals surface area contributed by atoms with Crippen molar-refractivity contribution < 1.29 is 4.79 Å². The molecule has 0 saturated carbocycles. The molecule has 0 radical (unpaired) electrons. The zero-order valence-electron chi connectivity index (χ0n) is 7.05. The van der Waals surface area contributed by atoms with Gasteiger partial charge in [-0.1, -0.05) is 0 Å². The molecule has 72 valence electrons. The van der Waals surface area contributed by atoms with Gasteiger partial charge < -0.3 is 9.88 Å². The molecule has 1 aromatic heterocycles. The Labute approximate surface area is 104 Å². The van der Waals surface area contributed by atoms with E-state index in [1.165, 1.54) is 0 Å². The smallest absolute Gasteiger partial charge is 0.221 e. The van der Waals surface area contributed by atoms with Crippen LogP contribution in [0.5, 0.6) is 0 Å². The molecule has 0 bridgehead atoms. The molecule has 0 atom stereocenters. The number of carbonyl (C=O) groups excluding carboxylic acids is 1. The van der Waals surface area contributed by atoms with Crippen LogP contribution in [0, 0.1) is 7.40 Å². The highest BCUT2D eigenvalue weighted by Gasteiger charge is 2.05. The van der Waals surface area contributed by atoms with Gasteiger partial charge in [0.2, 0.25) is 5.91 Å². The quantitative estimate of drug-likeness (QED) is 0.770. The lowest BCUT2D eigenvalue weighted by atomic mass is 10.4. The van der Waals surface area contributed by atoms with Gasteiger partial charge in [-0.15, -0.1) is 0 Å². The number of hydrogen-bond donors (Lipinski definition) is 1. The maximum Gasteiger partial charge on any atom is 0.221 e. The van der Waals surface area contributed by atoms with Gasteiger partial charge in [-0.3, -0.25) is 4.79 Å². The minimum absolute atomic E-state index is 0.0551. The highest BCUT2D eigenvalue weighted by Crippen LogP contribution is 2.13. The summed E-state index contributed by atoms with van der Waals surface area (Å²) in [4.78, 5) is 15.1. The van der Waals surface area contributed by atoms with Crippen molar-refractivity contribution >= 4 is 51.1 Å². The molecule has 0 aliphatic heterocycles. The highest BCUT2D eigenvalue weighted by atomic mass is 127. The average molecular weight is 405 g/mol. The lowest BCUT2D eigenvalue weighted by Gasteiger charge is -2.02. The van der Waals surface area contributed by atoms with Crippen LogP contribution in [0.25, 0.3) is 0 Å². The summed E-state index contributed by atoms with van der Waals surface area (Å²) in [5.74, 6) is 0.0551. The summed E-state index contributed by atoms with van der Waals surface area (Å²) >= 11 is 4.39. The number of nitrogens with zero attached hydrogens (tertiary/aromatic N) is 2. The van der Waals surface area contributed by atoms with Crippen LogP contribution in [-0.2, 0) is 11.3 Å². The molecule has 1 heterocycles. The minimum atomic E-state index is 0.0551. The monoisotopic (exact) mass is 405 g/mol. The Kier molecular flexibility index (Phi) is 4.42. The third-order valence-corrected chi connectivity index (χ3v) is 4.54. The van der Waals surface area contributed by atoms with Gasteiger partial charge in [-0.05, 0) is 45.2 Å². The molecule has 1 rings (SSSR count). The van der Waals surface area contributed by atoms with Crippen molar-refractivity contribution in [1.82, 2.24) is 14.9 Å². The number of nitrogens with one attached hydrogen (secondary N) is 1. The molecule has 13 heavy (non-hydrogen) atoms. The molecule has 0 aliphatic carbocycles. The Morgan fingerprint density at radius 2 is 2.38 bits per heavy atom. The molecule has 6 heteroatoms. The number of aromatic nitrogens is 2. The number of hydrogen-bond acceptors (Lipinski definition) is 2. The summed E-state index contributed by atoms with van der Waals surface area (Å²) in [7, 11) is 1.64. The molecule has 0 aromatic carbocycles. The Hall–Kier alpha value is 0.140. The molecule has 0 fully saturated rings. The van der Waals surface area contributed by atoms with E-state index in [9.17, 15) is 4.79 Å². The Morgan fingerprint density at radius 1 is 1.69 bits per heavy atom. The zero-order valence-corrected chi connectivity index (χ0v) is 11.4. The van der Waals surface area contributed by atoms with Crippen LogP contribution in [0.2, 0.25) is 0 Å².